The smallest absolute Gasteiger partial charge is 0.264 e. The van der Waals surface area contributed by atoms with Gasteiger partial charge in [0.05, 0.1) is 17.7 Å². The van der Waals surface area contributed by atoms with E-state index in [1.165, 1.54) is 24.1 Å². The average molecular weight is 578 g/mol. The van der Waals surface area contributed by atoms with Crippen molar-refractivity contribution in [3.05, 3.63) is 89.5 Å². The van der Waals surface area contributed by atoms with Crippen molar-refractivity contribution in [1.82, 2.24) is 10.2 Å². The molecule has 3 aromatic rings. The molecule has 41 heavy (non-hydrogen) atoms. The van der Waals surface area contributed by atoms with E-state index in [0.29, 0.717) is 11.4 Å². The normalized spacial score (nSPS) is 14.3. The number of amides is 2. The number of nitrogens with zero attached hydrogens (tertiary/aromatic N) is 2. The van der Waals surface area contributed by atoms with E-state index in [1.54, 1.807) is 43.3 Å². The number of ether oxygens (including phenoxy) is 1. The second-order valence-electron chi connectivity index (χ2n) is 10.7. The van der Waals surface area contributed by atoms with Crippen molar-refractivity contribution >= 4 is 27.5 Å². The van der Waals surface area contributed by atoms with Gasteiger partial charge in [-0.05, 0) is 75.6 Å². The van der Waals surface area contributed by atoms with Crippen LogP contribution in [0.4, 0.5) is 5.69 Å². The summed E-state index contributed by atoms with van der Waals surface area (Å²) >= 11 is 0. The van der Waals surface area contributed by atoms with Gasteiger partial charge in [-0.3, -0.25) is 13.9 Å². The third-order valence-corrected chi connectivity index (χ3v) is 9.34. The van der Waals surface area contributed by atoms with E-state index in [1.807, 2.05) is 38.1 Å². The van der Waals surface area contributed by atoms with Gasteiger partial charge < -0.3 is 15.0 Å². The number of carbonyl (C=O) groups excluding carboxylic acids is 2. The predicted molar refractivity (Wildman–Crippen MR) is 160 cm³/mol. The fraction of sp³-hybridized carbons (Fsp3) is 0.375. The Morgan fingerprint density at radius 1 is 0.951 bits per heavy atom. The SMILES string of the molecule is COc1ccc(S(=O)(=O)N(CC(=O)N(Cc2cccc(C)c2)C(C)C(=O)NC2CCCC2)c2ccc(C)cc2)cc1. The molecule has 0 heterocycles. The molecule has 1 unspecified atom stereocenters. The molecule has 0 aliphatic heterocycles. The Morgan fingerprint density at radius 2 is 1.61 bits per heavy atom. The maximum absolute atomic E-state index is 14.1. The molecule has 0 spiro atoms. The topological polar surface area (TPSA) is 96.0 Å². The van der Waals surface area contributed by atoms with E-state index in [9.17, 15) is 18.0 Å². The van der Waals surface area contributed by atoms with Crippen LogP contribution in [0.25, 0.3) is 0 Å². The summed E-state index contributed by atoms with van der Waals surface area (Å²) in [6.45, 7) is 5.28. The molecule has 0 bridgehead atoms. The van der Waals surface area contributed by atoms with Gasteiger partial charge in [0.2, 0.25) is 11.8 Å². The Hall–Kier alpha value is -3.85. The molecule has 218 valence electrons. The lowest BCUT2D eigenvalue weighted by Crippen LogP contribution is -2.52. The number of hydrogen-bond acceptors (Lipinski definition) is 5. The van der Waals surface area contributed by atoms with Crippen molar-refractivity contribution in [1.29, 1.82) is 0 Å². The highest BCUT2D eigenvalue weighted by Crippen LogP contribution is 2.26. The molecule has 1 N–H and O–H groups in total. The maximum Gasteiger partial charge on any atom is 0.264 e. The minimum atomic E-state index is -4.13. The van der Waals surface area contributed by atoms with Gasteiger partial charge >= 0.3 is 0 Å². The van der Waals surface area contributed by atoms with Crippen molar-refractivity contribution in [3.63, 3.8) is 0 Å². The van der Waals surface area contributed by atoms with Crippen LogP contribution in [0.1, 0.15) is 49.3 Å². The van der Waals surface area contributed by atoms with Crippen LogP contribution >= 0.6 is 0 Å². The fourth-order valence-corrected chi connectivity index (χ4v) is 6.51. The lowest BCUT2D eigenvalue weighted by Gasteiger charge is -2.32. The molecule has 1 fully saturated rings. The zero-order valence-corrected chi connectivity index (χ0v) is 25.0. The van der Waals surface area contributed by atoms with Crippen molar-refractivity contribution in [2.75, 3.05) is 18.0 Å². The molecule has 1 saturated carbocycles. The van der Waals surface area contributed by atoms with Gasteiger partial charge in [-0.15, -0.1) is 0 Å². The zero-order chi connectivity index (χ0) is 29.6. The van der Waals surface area contributed by atoms with Gasteiger partial charge in [0.25, 0.3) is 10.0 Å². The largest absolute Gasteiger partial charge is 0.497 e. The van der Waals surface area contributed by atoms with E-state index in [2.05, 4.69) is 5.32 Å². The van der Waals surface area contributed by atoms with Crippen LogP contribution in [-0.4, -0.2) is 50.9 Å². The van der Waals surface area contributed by atoms with Crippen molar-refractivity contribution in [2.24, 2.45) is 0 Å². The van der Waals surface area contributed by atoms with Crippen LogP contribution in [0, 0.1) is 13.8 Å². The van der Waals surface area contributed by atoms with E-state index in [4.69, 9.17) is 4.74 Å². The number of methoxy groups -OCH3 is 1. The van der Waals surface area contributed by atoms with E-state index in [0.717, 1.165) is 46.7 Å². The molecular weight excluding hydrogens is 538 g/mol. The first-order valence-corrected chi connectivity index (χ1v) is 15.4. The van der Waals surface area contributed by atoms with E-state index >= 15 is 0 Å². The van der Waals surface area contributed by atoms with Gasteiger partial charge in [-0.1, -0.05) is 60.4 Å². The van der Waals surface area contributed by atoms with Crippen LogP contribution in [0.5, 0.6) is 5.75 Å². The van der Waals surface area contributed by atoms with Crippen LogP contribution in [0.15, 0.2) is 77.7 Å². The van der Waals surface area contributed by atoms with Gasteiger partial charge in [-0.25, -0.2) is 8.42 Å². The molecule has 1 aliphatic rings. The second kappa shape index (κ2) is 13.2. The van der Waals surface area contributed by atoms with Gasteiger partial charge in [-0.2, -0.15) is 0 Å². The van der Waals surface area contributed by atoms with Crippen LogP contribution in [0.2, 0.25) is 0 Å². The van der Waals surface area contributed by atoms with Gasteiger partial charge in [0.1, 0.15) is 18.3 Å². The zero-order valence-electron chi connectivity index (χ0n) is 24.2. The number of nitrogens with one attached hydrogen (secondary N) is 1. The van der Waals surface area contributed by atoms with Crippen molar-refractivity contribution in [3.8, 4) is 5.75 Å². The summed E-state index contributed by atoms with van der Waals surface area (Å²) in [7, 11) is -2.63. The summed E-state index contributed by atoms with van der Waals surface area (Å²) in [4.78, 5) is 28.9. The lowest BCUT2D eigenvalue weighted by atomic mass is 10.1. The summed E-state index contributed by atoms with van der Waals surface area (Å²) in [6, 6.07) is 20.1. The number of hydrogen-bond donors (Lipinski definition) is 1. The number of benzene rings is 3. The third kappa shape index (κ3) is 7.47. The Bertz CT molecular complexity index is 1450. The molecule has 4 rings (SSSR count). The Balaban J connectivity index is 1.68. The molecule has 1 atom stereocenters. The molecular formula is C32H39N3O5S. The number of aryl methyl sites for hydroxylation is 2. The molecule has 9 heteroatoms. The minimum absolute atomic E-state index is 0.0314. The van der Waals surface area contributed by atoms with Gasteiger partial charge in [0.15, 0.2) is 0 Å². The molecule has 0 saturated heterocycles. The summed E-state index contributed by atoms with van der Waals surface area (Å²) in [6.07, 6.45) is 3.98. The Kier molecular flexibility index (Phi) is 9.70. The fourth-order valence-electron chi connectivity index (χ4n) is 5.10. The van der Waals surface area contributed by atoms with Crippen molar-refractivity contribution < 1.29 is 22.7 Å². The molecule has 8 nitrogen and oxygen atoms in total. The molecule has 1 aliphatic carbocycles. The van der Waals surface area contributed by atoms with Crippen molar-refractivity contribution in [2.45, 2.75) is 70.0 Å². The van der Waals surface area contributed by atoms with Crippen LogP contribution in [-0.2, 0) is 26.2 Å². The number of anilines is 1. The van der Waals surface area contributed by atoms with E-state index in [-0.39, 0.29) is 23.4 Å². The maximum atomic E-state index is 14.1. The summed E-state index contributed by atoms with van der Waals surface area (Å²) in [5.74, 6) is -0.190. The quantitative estimate of drug-likeness (QED) is 0.347. The monoisotopic (exact) mass is 577 g/mol. The minimum Gasteiger partial charge on any atom is -0.497 e. The summed E-state index contributed by atoms with van der Waals surface area (Å²) in [5.41, 5.74) is 3.21. The highest BCUT2D eigenvalue weighted by atomic mass is 32.2. The average Bonchev–Trinajstić information content (AvgIpc) is 3.48. The lowest BCUT2D eigenvalue weighted by molar-refractivity contribution is -0.139. The Morgan fingerprint density at radius 3 is 2.22 bits per heavy atom. The Labute approximate surface area is 243 Å². The molecule has 3 aromatic carbocycles. The second-order valence-corrected chi connectivity index (χ2v) is 12.6. The van der Waals surface area contributed by atoms with Crippen LogP contribution in [0.3, 0.4) is 0 Å². The first-order chi connectivity index (χ1) is 19.6. The summed E-state index contributed by atoms with van der Waals surface area (Å²) < 4.78 is 34.2. The number of sulfonamides is 1. The van der Waals surface area contributed by atoms with Gasteiger partial charge in [0, 0.05) is 12.6 Å². The first-order valence-electron chi connectivity index (χ1n) is 14.0. The highest BCUT2D eigenvalue weighted by Gasteiger charge is 2.33. The number of carbonyl (C=O) groups is 2. The van der Waals surface area contributed by atoms with Crippen LogP contribution < -0.4 is 14.4 Å². The molecule has 0 aromatic heterocycles. The number of rotatable bonds is 11. The third-order valence-electron chi connectivity index (χ3n) is 7.55. The standard InChI is InChI=1S/C32H39N3O5S/c1-23-12-14-28(15-13-23)35(41(38,39)30-18-16-29(40-4)17-19-30)22-31(36)34(21-26-9-7-8-24(2)20-26)25(3)32(37)33-27-10-5-6-11-27/h7-9,12-20,25,27H,5-6,10-11,21-22H2,1-4H3,(H,33,37). The highest BCUT2D eigenvalue weighted by molar-refractivity contribution is 7.92. The summed E-state index contributed by atoms with van der Waals surface area (Å²) in [5, 5.41) is 3.09. The first kappa shape index (κ1) is 30.1. The molecule has 2 amide bonds. The van der Waals surface area contributed by atoms with E-state index < -0.39 is 28.5 Å². The predicted octanol–water partition coefficient (Wildman–Crippen LogP) is 4.98. The molecule has 0 radical (unpaired) electrons.